The number of aliphatic hydroxyl groups excluding tert-OH is 1. The van der Waals surface area contributed by atoms with Crippen molar-refractivity contribution in [2.24, 2.45) is 0 Å². The van der Waals surface area contributed by atoms with E-state index < -0.39 is 0 Å². The van der Waals surface area contributed by atoms with Gasteiger partial charge < -0.3 is 14.6 Å². The van der Waals surface area contributed by atoms with Gasteiger partial charge in [-0.1, -0.05) is 26.2 Å². The number of rotatable bonds is 11. The molecule has 3 nitrogen and oxygen atoms in total. The van der Waals surface area contributed by atoms with Gasteiger partial charge in [-0.25, -0.2) is 0 Å². The summed E-state index contributed by atoms with van der Waals surface area (Å²) in [5, 5.41) is 8.48. The molecule has 0 unspecified atom stereocenters. The highest BCUT2D eigenvalue weighted by Crippen LogP contribution is 1.98. The van der Waals surface area contributed by atoms with Gasteiger partial charge in [0.15, 0.2) is 0 Å². The first-order valence-corrected chi connectivity index (χ1v) is 5.68. The van der Waals surface area contributed by atoms with Crippen LogP contribution < -0.4 is 0 Å². The Hall–Kier alpha value is -0.120. The third kappa shape index (κ3) is 11.9. The van der Waals surface area contributed by atoms with E-state index >= 15 is 0 Å². The molecule has 3 heteroatoms. The maximum absolute atomic E-state index is 8.48. The fourth-order valence-electron chi connectivity index (χ4n) is 1.12. The topological polar surface area (TPSA) is 38.7 Å². The third-order valence-corrected chi connectivity index (χ3v) is 1.96. The van der Waals surface area contributed by atoms with Gasteiger partial charge in [0, 0.05) is 19.8 Å². The molecule has 0 rings (SSSR count). The van der Waals surface area contributed by atoms with E-state index in [1.807, 2.05) is 0 Å². The Balaban J connectivity index is 2.78. The molecule has 0 aromatic carbocycles. The van der Waals surface area contributed by atoms with Gasteiger partial charge in [-0.15, -0.1) is 0 Å². The van der Waals surface area contributed by atoms with Gasteiger partial charge in [-0.2, -0.15) is 0 Å². The lowest BCUT2D eigenvalue weighted by molar-refractivity contribution is 0.0413. The van der Waals surface area contributed by atoms with Crippen LogP contribution in [-0.2, 0) is 9.47 Å². The van der Waals surface area contributed by atoms with Crippen molar-refractivity contribution in [1.82, 2.24) is 0 Å². The van der Waals surface area contributed by atoms with E-state index in [0.717, 1.165) is 19.4 Å². The van der Waals surface area contributed by atoms with Crippen molar-refractivity contribution in [2.45, 2.75) is 39.0 Å². The highest BCUT2D eigenvalue weighted by atomic mass is 16.5. The summed E-state index contributed by atoms with van der Waals surface area (Å²) in [6.45, 7) is 5.22. The lowest BCUT2D eigenvalue weighted by Gasteiger charge is -2.04. The van der Waals surface area contributed by atoms with Gasteiger partial charge in [-0.05, 0) is 12.8 Å². The quantitative estimate of drug-likeness (QED) is 0.523. The van der Waals surface area contributed by atoms with Crippen molar-refractivity contribution in [3.05, 3.63) is 0 Å². The van der Waals surface area contributed by atoms with Crippen molar-refractivity contribution >= 4 is 0 Å². The van der Waals surface area contributed by atoms with Crippen LogP contribution in [0.25, 0.3) is 0 Å². The zero-order chi connectivity index (χ0) is 10.5. The summed E-state index contributed by atoms with van der Waals surface area (Å²) < 4.78 is 10.6. The highest BCUT2D eigenvalue weighted by Gasteiger charge is 1.90. The average Bonchev–Trinajstić information content (AvgIpc) is 2.21. The Morgan fingerprint density at radius 1 is 0.786 bits per heavy atom. The molecular formula is C11H24O3. The maximum Gasteiger partial charge on any atom is 0.0700 e. The standard InChI is InChI=1S/C11H24O3/c1-2-3-4-5-8-13-10-11-14-9-6-7-12/h12H,2-11H2,1H3. The van der Waals surface area contributed by atoms with E-state index in [4.69, 9.17) is 14.6 Å². The normalized spacial score (nSPS) is 10.7. The number of hydrogen-bond acceptors (Lipinski definition) is 3. The predicted octanol–water partition coefficient (Wildman–Crippen LogP) is 1.98. The van der Waals surface area contributed by atoms with Crippen LogP contribution in [0.2, 0.25) is 0 Å². The molecule has 0 aromatic rings. The van der Waals surface area contributed by atoms with Gasteiger partial charge in [-0.3, -0.25) is 0 Å². The monoisotopic (exact) mass is 204 g/mol. The molecule has 0 aliphatic carbocycles. The second-order valence-corrected chi connectivity index (χ2v) is 3.36. The Kier molecular flexibility index (Phi) is 12.8. The van der Waals surface area contributed by atoms with Crippen LogP contribution in [0, 0.1) is 0 Å². The van der Waals surface area contributed by atoms with Gasteiger partial charge in [0.25, 0.3) is 0 Å². The molecule has 0 bridgehead atoms. The Morgan fingerprint density at radius 2 is 1.43 bits per heavy atom. The summed E-state index contributed by atoms with van der Waals surface area (Å²) in [5.74, 6) is 0. The minimum atomic E-state index is 0.206. The van der Waals surface area contributed by atoms with Crippen molar-refractivity contribution < 1.29 is 14.6 Å². The number of unbranched alkanes of at least 4 members (excludes halogenated alkanes) is 3. The van der Waals surface area contributed by atoms with Crippen LogP contribution in [0.4, 0.5) is 0 Å². The van der Waals surface area contributed by atoms with Crippen LogP contribution in [0.15, 0.2) is 0 Å². The molecule has 0 saturated carbocycles. The molecule has 1 N–H and O–H groups in total. The summed E-state index contributed by atoms with van der Waals surface area (Å²) in [4.78, 5) is 0. The second kappa shape index (κ2) is 12.9. The minimum Gasteiger partial charge on any atom is -0.396 e. The van der Waals surface area contributed by atoms with Crippen molar-refractivity contribution in [2.75, 3.05) is 33.0 Å². The Labute approximate surface area is 87.4 Å². The van der Waals surface area contributed by atoms with Crippen LogP contribution >= 0.6 is 0 Å². The van der Waals surface area contributed by atoms with E-state index in [9.17, 15) is 0 Å². The predicted molar refractivity (Wildman–Crippen MR) is 57.5 cm³/mol. The van der Waals surface area contributed by atoms with Crippen LogP contribution in [0.3, 0.4) is 0 Å². The number of aliphatic hydroxyl groups is 1. The SMILES string of the molecule is CCCCCCOCCOCCCO. The fourth-order valence-corrected chi connectivity index (χ4v) is 1.12. The van der Waals surface area contributed by atoms with Crippen molar-refractivity contribution in [3.8, 4) is 0 Å². The summed E-state index contributed by atoms with van der Waals surface area (Å²) in [6.07, 6.45) is 5.71. The Bertz CT molecular complexity index is 84.5. The molecule has 0 atom stereocenters. The lowest BCUT2D eigenvalue weighted by Crippen LogP contribution is -2.06. The number of hydrogen-bond donors (Lipinski definition) is 1. The minimum absolute atomic E-state index is 0.206. The highest BCUT2D eigenvalue weighted by molar-refractivity contribution is 4.39. The lowest BCUT2D eigenvalue weighted by atomic mass is 10.2. The molecule has 0 spiro atoms. The molecule has 0 aliphatic heterocycles. The summed E-state index contributed by atoms with van der Waals surface area (Å²) in [7, 11) is 0. The van der Waals surface area contributed by atoms with Crippen LogP contribution in [0.5, 0.6) is 0 Å². The van der Waals surface area contributed by atoms with Crippen LogP contribution in [0.1, 0.15) is 39.0 Å². The van der Waals surface area contributed by atoms with E-state index in [1.165, 1.54) is 19.3 Å². The largest absolute Gasteiger partial charge is 0.396 e. The van der Waals surface area contributed by atoms with Crippen molar-refractivity contribution in [1.29, 1.82) is 0 Å². The van der Waals surface area contributed by atoms with Gasteiger partial charge in [0.05, 0.1) is 13.2 Å². The first-order valence-electron chi connectivity index (χ1n) is 5.68. The van der Waals surface area contributed by atoms with E-state index in [1.54, 1.807) is 0 Å². The first kappa shape index (κ1) is 13.9. The number of ether oxygens (including phenoxy) is 2. The first-order chi connectivity index (χ1) is 6.91. The van der Waals surface area contributed by atoms with Gasteiger partial charge in [0.1, 0.15) is 0 Å². The third-order valence-electron chi connectivity index (χ3n) is 1.96. The average molecular weight is 204 g/mol. The van der Waals surface area contributed by atoms with Crippen LogP contribution in [-0.4, -0.2) is 38.1 Å². The second-order valence-electron chi connectivity index (χ2n) is 3.36. The molecule has 0 amide bonds. The van der Waals surface area contributed by atoms with Crippen molar-refractivity contribution in [3.63, 3.8) is 0 Å². The molecular weight excluding hydrogens is 180 g/mol. The fraction of sp³-hybridized carbons (Fsp3) is 1.00. The summed E-state index contributed by atoms with van der Waals surface area (Å²) in [5.41, 5.74) is 0. The smallest absolute Gasteiger partial charge is 0.0700 e. The Morgan fingerprint density at radius 3 is 2.00 bits per heavy atom. The molecule has 86 valence electrons. The molecule has 0 radical (unpaired) electrons. The van der Waals surface area contributed by atoms with E-state index in [0.29, 0.717) is 19.8 Å². The molecule has 0 aromatic heterocycles. The summed E-state index contributed by atoms with van der Waals surface area (Å²) >= 11 is 0. The molecule has 0 fully saturated rings. The summed E-state index contributed by atoms with van der Waals surface area (Å²) in [6, 6.07) is 0. The molecule has 14 heavy (non-hydrogen) atoms. The van der Waals surface area contributed by atoms with Gasteiger partial charge in [0.2, 0.25) is 0 Å². The van der Waals surface area contributed by atoms with Gasteiger partial charge >= 0.3 is 0 Å². The molecule has 0 heterocycles. The zero-order valence-electron chi connectivity index (χ0n) is 9.33. The zero-order valence-corrected chi connectivity index (χ0v) is 9.33. The maximum atomic E-state index is 8.48. The molecule has 0 saturated heterocycles. The van der Waals surface area contributed by atoms with E-state index in [2.05, 4.69) is 6.92 Å². The van der Waals surface area contributed by atoms with E-state index in [-0.39, 0.29) is 6.61 Å². The molecule has 0 aliphatic rings.